The first-order valence-corrected chi connectivity index (χ1v) is 6.14. The number of carboxylic acid groups (broad SMARTS) is 1. The van der Waals surface area contributed by atoms with E-state index in [0.29, 0.717) is 38.5 Å². The summed E-state index contributed by atoms with van der Waals surface area (Å²) in [6.45, 7) is 0.124. The van der Waals surface area contributed by atoms with E-state index >= 15 is 0 Å². The molecule has 0 aromatic carbocycles. The highest BCUT2D eigenvalue weighted by Gasteiger charge is 2.31. The van der Waals surface area contributed by atoms with Gasteiger partial charge in [0, 0.05) is 19.8 Å². The maximum Gasteiger partial charge on any atom is 0.303 e. The molecule has 0 saturated carbocycles. The second-order valence-electron chi connectivity index (χ2n) is 4.55. The molecule has 0 amide bonds. The molecular weight excluding hydrogens is 224 g/mol. The number of aliphatic carboxylic acids is 1. The normalized spacial score (nSPS) is 11.7. The van der Waals surface area contributed by atoms with Crippen molar-refractivity contribution in [3.05, 3.63) is 0 Å². The zero-order chi connectivity index (χ0) is 13.1. The molecule has 4 N–H and O–H groups in total. The third-order valence-electron chi connectivity index (χ3n) is 3.12. The molecule has 0 aliphatic rings. The van der Waals surface area contributed by atoms with Crippen LogP contribution < -0.4 is 0 Å². The minimum Gasteiger partial charge on any atom is -0.481 e. The van der Waals surface area contributed by atoms with Crippen LogP contribution in [0, 0.1) is 5.41 Å². The Balaban J connectivity index is 4.56. The SMILES string of the molecule is O=C(O)CC(CCCO)(CCCO)CCCO. The molecule has 0 aromatic rings. The molecule has 0 radical (unpaired) electrons. The minimum absolute atomic E-state index is 0.0347. The maximum atomic E-state index is 10.9. The molecule has 17 heavy (non-hydrogen) atoms. The quantitative estimate of drug-likeness (QED) is 0.433. The Morgan fingerprint density at radius 2 is 1.18 bits per heavy atom. The lowest BCUT2D eigenvalue weighted by Gasteiger charge is -2.32. The largest absolute Gasteiger partial charge is 0.481 e. The molecule has 0 spiro atoms. The molecule has 0 rings (SSSR count). The molecule has 5 heteroatoms. The Morgan fingerprint density at radius 1 is 0.824 bits per heavy atom. The van der Waals surface area contributed by atoms with Gasteiger partial charge in [0.05, 0.1) is 6.42 Å². The summed E-state index contributed by atoms with van der Waals surface area (Å²) in [6, 6.07) is 0. The first-order valence-electron chi connectivity index (χ1n) is 6.14. The molecule has 0 bridgehead atoms. The Labute approximate surface area is 102 Å². The maximum absolute atomic E-state index is 10.9. The predicted octanol–water partition coefficient (Wildman–Crippen LogP) is 0.765. The van der Waals surface area contributed by atoms with Crippen LogP contribution >= 0.6 is 0 Å². The van der Waals surface area contributed by atoms with E-state index in [1.807, 2.05) is 0 Å². The van der Waals surface area contributed by atoms with Crippen molar-refractivity contribution in [2.45, 2.75) is 44.9 Å². The number of hydrogen-bond donors (Lipinski definition) is 4. The van der Waals surface area contributed by atoms with Crippen molar-refractivity contribution in [2.75, 3.05) is 19.8 Å². The zero-order valence-corrected chi connectivity index (χ0v) is 10.3. The van der Waals surface area contributed by atoms with E-state index in [1.165, 1.54) is 0 Å². The fourth-order valence-electron chi connectivity index (χ4n) is 2.32. The van der Waals surface area contributed by atoms with E-state index in [2.05, 4.69) is 0 Å². The van der Waals surface area contributed by atoms with E-state index in [0.717, 1.165) is 0 Å². The monoisotopic (exact) mass is 248 g/mol. The van der Waals surface area contributed by atoms with Gasteiger partial charge in [-0.2, -0.15) is 0 Å². The molecule has 5 nitrogen and oxygen atoms in total. The standard InChI is InChI=1S/C12H24O5/c13-7-1-4-12(5-2-8-14,6-3-9-15)10-11(16)17/h13-15H,1-10H2,(H,16,17). The number of aliphatic hydroxyl groups excluding tert-OH is 3. The van der Waals surface area contributed by atoms with Gasteiger partial charge in [0.1, 0.15) is 0 Å². The van der Waals surface area contributed by atoms with Gasteiger partial charge in [-0.25, -0.2) is 0 Å². The average Bonchev–Trinajstić information content (AvgIpc) is 2.30. The van der Waals surface area contributed by atoms with Crippen molar-refractivity contribution in [2.24, 2.45) is 5.41 Å². The fourth-order valence-corrected chi connectivity index (χ4v) is 2.32. The van der Waals surface area contributed by atoms with Crippen molar-refractivity contribution in [3.8, 4) is 0 Å². The molecule has 102 valence electrons. The Morgan fingerprint density at radius 3 is 1.41 bits per heavy atom. The fraction of sp³-hybridized carbons (Fsp3) is 0.917. The van der Waals surface area contributed by atoms with Gasteiger partial charge in [0.15, 0.2) is 0 Å². The first-order chi connectivity index (χ1) is 8.10. The Bertz CT molecular complexity index is 183. The predicted molar refractivity (Wildman–Crippen MR) is 63.6 cm³/mol. The number of carbonyl (C=O) groups is 1. The van der Waals surface area contributed by atoms with Crippen LogP contribution in [0.2, 0.25) is 0 Å². The van der Waals surface area contributed by atoms with Crippen LogP contribution in [0.4, 0.5) is 0 Å². The summed E-state index contributed by atoms with van der Waals surface area (Å²) in [4.78, 5) is 10.9. The minimum atomic E-state index is -0.862. The second kappa shape index (κ2) is 9.39. The van der Waals surface area contributed by atoms with Crippen molar-refractivity contribution in [3.63, 3.8) is 0 Å². The summed E-state index contributed by atoms with van der Waals surface area (Å²) >= 11 is 0. The highest BCUT2D eigenvalue weighted by atomic mass is 16.4. The van der Waals surface area contributed by atoms with Crippen molar-refractivity contribution >= 4 is 5.97 Å². The lowest BCUT2D eigenvalue weighted by Crippen LogP contribution is -2.26. The Kier molecular flexibility index (Phi) is 9.03. The molecule has 0 atom stereocenters. The highest BCUT2D eigenvalue weighted by Crippen LogP contribution is 2.38. The van der Waals surface area contributed by atoms with Crippen LogP contribution in [0.25, 0.3) is 0 Å². The van der Waals surface area contributed by atoms with Gasteiger partial charge in [-0.05, 0) is 43.9 Å². The first kappa shape index (κ1) is 16.4. The van der Waals surface area contributed by atoms with Crippen LogP contribution in [0.15, 0.2) is 0 Å². The van der Waals surface area contributed by atoms with Crippen LogP contribution in [0.3, 0.4) is 0 Å². The molecular formula is C12H24O5. The number of carboxylic acids is 1. The summed E-state index contributed by atoms with van der Waals surface area (Å²) in [6.07, 6.45) is 3.58. The van der Waals surface area contributed by atoms with Gasteiger partial charge in [0.25, 0.3) is 0 Å². The zero-order valence-electron chi connectivity index (χ0n) is 10.3. The van der Waals surface area contributed by atoms with Crippen molar-refractivity contribution < 1.29 is 25.2 Å². The lowest BCUT2D eigenvalue weighted by molar-refractivity contribution is -0.140. The molecule has 0 unspecified atom stereocenters. The number of rotatable bonds is 11. The van der Waals surface area contributed by atoms with E-state index in [1.54, 1.807) is 0 Å². The van der Waals surface area contributed by atoms with Gasteiger partial charge in [-0.15, -0.1) is 0 Å². The summed E-state index contributed by atoms with van der Waals surface area (Å²) in [5.74, 6) is -0.862. The van der Waals surface area contributed by atoms with Gasteiger partial charge in [-0.1, -0.05) is 0 Å². The topological polar surface area (TPSA) is 98.0 Å². The third kappa shape index (κ3) is 7.31. The summed E-state index contributed by atoms with van der Waals surface area (Å²) < 4.78 is 0. The average molecular weight is 248 g/mol. The lowest BCUT2D eigenvalue weighted by atomic mass is 9.73. The van der Waals surface area contributed by atoms with Crippen molar-refractivity contribution in [1.82, 2.24) is 0 Å². The van der Waals surface area contributed by atoms with Crippen molar-refractivity contribution in [1.29, 1.82) is 0 Å². The molecule has 0 heterocycles. The Hall–Kier alpha value is -0.650. The molecule has 0 aromatic heterocycles. The van der Waals surface area contributed by atoms with E-state index < -0.39 is 11.4 Å². The van der Waals surface area contributed by atoms with Crippen LogP contribution in [-0.4, -0.2) is 46.2 Å². The number of aliphatic hydroxyl groups is 3. The van der Waals surface area contributed by atoms with Crippen LogP contribution in [0.1, 0.15) is 44.9 Å². The number of hydrogen-bond acceptors (Lipinski definition) is 4. The van der Waals surface area contributed by atoms with Crippen LogP contribution in [-0.2, 0) is 4.79 Å². The molecule has 0 fully saturated rings. The van der Waals surface area contributed by atoms with Gasteiger partial charge in [0.2, 0.25) is 0 Å². The van der Waals surface area contributed by atoms with E-state index in [-0.39, 0.29) is 26.2 Å². The van der Waals surface area contributed by atoms with Gasteiger partial charge < -0.3 is 20.4 Å². The smallest absolute Gasteiger partial charge is 0.303 e. The van der Waals surface area contributed by atoms with Gasteiger partial charge in [-0.3, -0.25) is 4.79 Å². The molecule has 0 aliphatic heterocycles. The van der Waals surface area contributed by atoms with Gasteiger partial charge >= 0.3 is 5.97 Å². The third-order valence-corrected chi connectivity index (χ3v) is 3.12. The second-order valence-corrected chi connectivity index (χ2v) is 4.55. The highest BCUT2D eigenvalue weighted by molar-refractivity contribution is 5.67. The van der Waals surface area contributed by atoms with E-state index in [9.17, 15) is 4.79 Å². The molecule has 0 aliphatic carbocycles. The van der Waals surface area contributed by atoms with Crippen LogP contribution in [0.5, 0.6) is 0 Å². The summed E-state index contributed by atoms with van der Waals surface area (Å²) in [5, 5.41) is 35.6. The molecule has 0 saturated heterocycles. The summed E-state index contributed by atoms with van der Waals surface area (Å²) in [7, 11) is 0. The van der Waals surface area contributed by atoms with E-state index in [4.69, 9.17) is 20.4 Å². The summed E-state index contributed by atoms with van der Waals surface area (Å²) in [5.41, 5.74) is -0.403.